The SMILES string of the molecule is COc1cc(N2CCC(=O)N(Cc3ccc(Cl)c(Cl)c3)CC2)ccc1-c1cnc(C)o1. The molecule has 1 aromatic heterocycles. The van der Waals surface area contributed by atoms with Crippen molar-refractivity contribution in [2.45, 2.75) is 19.9 Å². The number of rotatable bonds is 5. The minimum absolute atomic E-state index is 0.120. The van der Waals surface area contributed by atoms with Crippen molar-refractivity contribution < 1.29 is 13.9 Å². The summed E-state index contributed by atoms with van der Waals surface area (Å²) in [4.78, 5) is 20.9. The molecule has 1 aliphatic rings. The Bertz CT molecular complexity index is 1100. The third-order valence-electron chi connectivity index (χ3n) is 5.38. The zero-order chi connectivity index (χ0) is 22.0. The average Bonchev–Trinajstić information content (AvgIpc) is 3.12. The minimum Gasteiger partial charge on any atom is -0.496 e. The number of anilines is 1. The lowest BCUT2D eigenvalue weighted by molar-refractivity contribution is -0.130. The molecule has 2 aromatic carbocycles. The first-order valence-electron chi connectivity index (χ1n) is 10.0. The number of nitrogens with zero attached hydrogens (tertiary/aromatic N) is 3. The van der Waals surface area contributed by atoms with Crippen LogP contribution in [0.15, 0.2) is 47.0 Å². The van der Waals surface area contributed by atoms with Crippen LogP contribution in [0.1, 0.15) is 17.9 Å². The molecular formula is C23H23Cl2N3O3. The highest BCUT2D eigenvalue weighted by Crippen LogP contribution is 2.34. The first kappa shape index (κ1) is 21.5. The fourth-order valence-corrected chi connectivity index (χ4v) is 4.04. The largest absolute Gasteiger partial charge is 0.496 e. The van der Waals surface area contributed by atoms with Gasteiger partial charge in [0.05, 0.1) is 28.9 Å². The number of oxazole rings is 1. The van der Waals surface area contributed by atoms with Gasteiger partial charge < -0.3 is 19.0 Å². The van der Waals surface area contributed by atoms with Crippen molar-refractivity contribution in [3.05, 3.63) is 64.1 Å². The Morgan fingerprint density at radius 2 is 1.94 bits per heavy atom. The summed E-state index contributed by atoms with van der Waals surface area (Å²) < 4.78 is 11.2. The Balaban J connectivity index is 1.50. The first-order chi connectivity index (χ1) is 14.9. The van der Waals surface area contributed by atoms with Gasteiger partial charge in [0.25, 0.3) is 0 Å². The van der Waals surface area contributed by atoms with E-state index in [0.29, 0.717) is 53.5 Å². The van der Waals surface area contributed by atoms with Crippen molar-refractivity contribution in [3.63, 3.8) is 0 Å². The molecule has 8 heteroatoms. The summed E-state index contributed by atoms with van der Waals surface area (Å²) in [5, 5.41) is 1.01. The summed E-state index contributed by atoms with van der Waals surface area (Å²) in [6.45, 7) is 4.29. The zero-order valence-electron chi connectivity index (χ0n) is 17.4. The number of carbonyl (C=O) groups is 1. The van der Waals surface area contributed by atoms with E-state index in [1.807, 2.05) is 42.2 Å². The van der Waals surface area contributed by atoms with Gasteiger partial charge in [-0.2, -0.15) is 0 Å². The van der Waals surface area contributed by atoms with Crippen LogP contribution in [0.4, 0.5) is 5.69 Å². The lowest BCUT2D eigenvalue weighted by Gasteiger charge is -2.24. The van der Waals surface area contributed by atoms with Crippen LogP contribution in [0.2, 0.25) is 10.0 Å². The molecule has 0 atom stereocenters. The predicted octanol–water partition coefficient (Wildman–Crippen LogP) is 5.20. The van der Waals surface area contributed by atoms with Crippen LogP contribution in [0.5, 0.6) is 5.75 Å². The molecule has 0 aliphatic carbocycles. The van der Waals surface area contributed by atoms with Crippen molar-refractivity contribution in [2.24, 2.45) is 0 Å². The van der Waals surface area contributed by atoms with Gasteiger partial charge in [0.15, 0.2) is 11.7 Å². The lowest BCUT2D eigenvalue weighted by atomic mass is 10.1. The Hall–Kier alpha value is -2.70. The van der Waals surface area contributed by atoms with E-state index in [-0.39, 0.29) is 5.91 Å². The quantitative estimate of drug-likeness (QED) is 0.524. The molecule has 1 amide bonds. The van der Waals surface area contributed by atoms with E-state index in [9.17, 15) is 4.79 Å². The van der Waals surface area contributed by atoms with Crippen molar-refractivity contribution in [1.29, 1.82) is 0 Å². The van der Waals surface area contributed by atoms with Crippen LogP contribution in [-0.4, -0.2) is 42.5 Å². The number of hydrogen-bond acceptors (Lipinski definition) is 5. The summed E-state index contributed by atoms with van der Waals surface area (Å²) in [7, 11) is 1.64. The molecule has 2 heterocycles. The van der Waals surface area contributed by atoms with Crippen molar-refractivity contribution in [3.8, 4) is 17.1 Å². The lowest BCUT2D eigenvalue weighted by Crippen LogP contribution is -2.32. The second-order valence-corrected chi connectivity index (χ2v) is 8.24. The van der Waals surface area contributed by atoms with Gasteiger partial charge in [0.1, 0.15) is 5.75 Å². The molecular weight excluding hydrogens is 437 g/mol. The zero-order valence-corrected chi connectivity index (χ0v) is 18.9. The number of methoxy groups -OCH3 is 1. The maximum absolute atomic E-state index is 12.7. The van der Waals surface area contributed by atoms with E-state index in [0.717, 1.165) is 23.4 Å². The number of halogens is 2. The van der Waals surface area contributed by atoms with Crippen LogP contribution in [0.3, 0.4) is 0 Å². The van der Waals surface area contributed by atoms with Crippen molar-refractivity contribution >= 4 is 34.8 Å². The van der Waals surface area contributed by atoms with E-state index in [1.54, 1.807) is 19.4 Å². The number of aryl methyl sites for hydroxylation is 1. The minimum atomic E-state index is 0.120. The Morgan fingerprint density at radius 1 is 1.10 bits per heavy atom. The van der Waals surface area contributed by atoms with Gasteiger partial charge in [-0.05, 0) is 29.8 Å². The molecule has 0 unspecified atom stereocenters. The van der Waals surface area contributed by atoms with Crippen LogP contribution in [-0.2, 0) is 11.3 Å². The topological polar surface area (TPSA) is 58.8 Å². The van der Waals surface area contributed by atoms with Gasteiger partial charge in [-0.25, -0.2) is 4.98 Å². The molecule has 162 valence electrons. The monoisotopic (exact) mass is 459 g/mol. The molecule has 4 rings (SSSR count). The molecule has 0 radical (unpaired) electrons. The average molecular weight is 460 g/mol. The van der Waals surface area contributed by atoms with E-state index in [2.05, 4.69) is 9.88 Å². The maximum Gasteiger partial charge on any atom is 0.224 e. The number of aromatic nitrogens is 1. The number of carbonyl (C=O) groups excluding carboxylic acids is 1. The van der Waals surface area contributed by atoms with Gasteiger partial charge in [0, 0.05) is 51.3 Å². The molecule has 0 bridgehead atoms. The van der Waals surface area contributed by atoms with Gasteiger partial charge in [0.2, 0.25) is 5.91 Å². The van der Waals surface area contributed by atoms with E-state index in [4.69, 9.17) is 32.4 Å². The third-order valence-corrected chi connectivity index (χ3v) is 6.12. The fraction of sp³-hybridized carbons (Fsp3) is 0.304. The second kappa shape index (κ2) is 9.20. The molecule has 0 saturated carbocycles. The highest BCUT2D eigenvalue weighted by atomic mass is 35.5. The normalized spacial score (nSPS) is 14.6. The number of ether oxygens (including phenoxy) is 1. The number of hydrogen-bond donors (Lipinski definition) is 0. The van der Waals surface area contributed by atoms with E-state index < -0.39 is 0 Å². The molecule has 1 saturated heterocycles. The van der Waals surface area contributed by atoms with E-state index in [1.165, 1.54) is 0 Å². The Kier molecular flexibility index (Phi) is 6.39. The molecule has 1 fully saturated rings. The van der Waals surface area contributed by atoms with Crippen LogP contribution >= 0.6 is 23.2 Å². The summed E-state index contributed by atoms with van der Waals surface area (Å²) >= 11 is 12.1. The summed E-state index contributed by atoms with van der Waals surface area (Å²) in [5.41, 5.74) is 2.81. The maximum atomic E-state index is 12.7. The number of amides is 1. The van der Waals surface area contributed by atoms with Crippen LogP contribution < -0.4 is 9.64 Å². The number of benzene rings is 2. The predicted molar refractivity (Wildman–Crippen MR) is 122 cm³/mol. The summed E-state index contributed by atoms with van der Waals surface area (Å²) in [6, 6.07) is 11.4. The van der Waals surface area contributed by atoms with Gasteiger partial charge in [-0.3, -0.25) is 4.79 Å². The van der Waals surface area contributed by atoms with Crippen molar-refractivity contribution in [1.82, 2.24) is 9.88 Å². The van der Waals surface area contributed by atoms with Crippen molar-refractivity contribution in [2.75, 3.05) is 31.6 Å². The molecule has 0 spiro atoms. The standard InChI is InChI=1S/C23H23Cl2N3O3/c1-15-26-13-22(31-15)18-5-4-17(12-21(18)30-2)27-8-7-23(29)28(10-9-27)14-16-3-6-19(24)20(25)11-16/h3-6,11-13H,7-10,14H2,1-2H3. The first-order valence-corrected chi connectivity index (χ1v) is 10.8. The fourth-order valence-electron chi connectivity index (χ4n) is 3.72. The summed E-state index contributed by atoms with van der Waals surface area (Å²) in [5.74, 6) is 2.10. The van der Waals surface area contributed by atoms with Gasteiger partial charge in [-0.1, -0.05) is 29.3 Å². The highest BCUT2D eigenvalue weighted by Gasteiger charge is 2.22. The highest BCUT2D eigenvalue weighted by molar-refractivity contribution is 6.42. The van der Waals surface area contributed by atoms with Crippen LogP contribution in [0.25, 0.3) is 11.3 Å². The third kappa shape index (κ3) is 4.81. The van der Waals surface area contributed by atoms with Gasteiger partial charge in [-0.15, -0.1) is 0 Å². The second-order valence-electron chi connectivity index (χ2n) is 7.43. The molecule has 0 N–H and O–H groups in total. The molecule has 3 aromatic rings. The summed E-state index contributed by atoms with van der Waals surface area (Å²) in [6.07, 6.45) is 2.13. The smallest absolute Gasteiger partial charge is 0.224 e. The van der Waals surface area contributed by atoms with E-state index >= 15 is 0 Å². The molecule has 1 aliphatic heterocycles. The Labute approximate surface area is 191 Å². The molecule has 31 heavy (non-hydrogen) atoms. The molecule has 6 nitrogen and oxygen atoms in total. The Morgan fingerprint density at radius 3 is 2.65 bits per heavy atom. The van der Waals surface area contributed by atoms with Gasteiger partial charge >= 0.3 is 0 Å². The van der Waals surface area contributed by atoms with Crippen LogP contribution in [0, 0.1) is 6.92 Å².